The molecule has 0 spiro atoms. The molecule has 6 nitrogen and oxygen atoms in total. The zero-order valence-corrected chi connectivity index (χ0v) is 21.8. The average molecular weight is 475 g/mol. The van der Waals surface area contributed by atoms with E-state index in [4.69, 9.17) is 9.84 Å². The van der Waals surface area contributed by atoms with Crippen molar-refractivity contribution in [2.24, 2.45) is 0 Å². The normalized spacial score (nSPS) is 11.8. The van der Waals surface area contributed by atoms with E-state index in [1.165, 1.54) is 96.3 Å². The van der Waals surface area contributed by atoms with Crippen molar-refractivity contribution in [2.75, 3.05) is 52.6 Å². The minimum Gasteiger partial charge on any atom is -0.477 e. The molecule has 0 amide bonds. The first-order chi connectivity index (χ1) is 16.1. The van der Waals surface area contributed by atoms with Crippen LogP contribution < -0.4 is 0 Å². The van der Waals surface area contributed by atoms with Crippen LogP contribution >= 0.6 is 0 Å². The molecule has 0 rings (SSSR count). The van der Waals surface area contributed by atoms with Gasteiger partial charge in [-0.1, -0.05) is 103 Å². The lowest BCUT2D eigenvalue weighted by molar-refractivity contribution is -0.922. The summed E-state index contributed by atoms with van der Waals surface area (Å²) in [4.78, 5) is 11.2. The lowest BCUT2D eigenvalue weighted by atomic mass is 10.0. The first-order valence-electron chi connectivity index (χ1n) is 14.0. The minimum atomic E-state index is -0.897. The van der Waals surface area contributed by atoms with Gasteiger partial charge in [-0.05, 0) is 6.42 Å². The van der Waals surface area contributed by atoms with Crippen LogP contribution in [0, 0.1) is 0 Å². The number of carbonyl (C=O) groups is 1. The number of ether oxygens (including phenoxy) is 1. The van der Waals surface area contributed by atoms with Crippen LogP contribution in [-0.2, 0) is 9.53 Å². The van der Waals surface area contributed by atoms with Crippen LogP contribution in [0.4, 0.5) is 0 Å². The number of rotatable bonds is 27. The first-order valence-corrected chi connectivity index (χ1v) is 14.0. The average Bonchev–Trinajstić information content (AvgIpc) is 2.77. The van der Waals surface area contributed by atoms with Crippen molar-refractivity contribution in [2.45, 2.75) is 116 Å². The van der Waals surface area contributed by atoms with Gasteiger partial charge in [0.1, 0.15) is 13.1 Å². The minimum absolute atomic E-state index is 0.0692. The molecule has 0 unspecified atom stereocenters. The Morgan fingerprint density at radius 1 is 0.606 bits per heavy atom. The maximum atomic E-state index is 11.2. The largest absolute Gasteiger partial charge is 0.477 e. The molecule has 0 aromatic rings. The number of aliphatic carboxylic acids is 1. The van der Waals surface area contributed by atoms with Gasteiger partial charge in [-0.2, -0.15) is 0 Å². The highest BCUT2D eigenvalue weighted by atomic mass is 16.5. The van der Waals surface area contributed by atoms with Gasteiger partial charge in [0.05, 0.1) is 26.4 Å². The van der Waals surface area contributed by atoms with Gasteiger partial charge in [-0.25, -0.2) is 4.79 Å². The summed E-state index contributed by atoms with van der Waals surface area (Å²) in [5.74, 6) is -0.897. The van der Waals surface area contributed by atoms with Crippen molar-refractivity contribution in [3.05, 3.63) is 0 Å². The lowest BCUT2D eigenvalue weighted by Gasteiger charge is -2.36. The number of hydrogen-bond acceptors (Lipinski definition) is 4. The quantitative estimate of drug-likeness (QED) is 0.107. The Bertz CT molecular complexity index is 413. The van der Waals surface area contributed by atoms with Crippen LogP contribution in [0.15, 0.2) is 0 Å². The van der Waals surface area contributed by atoms with Gasteiger partial charge in [-0.15, -0.1) is 0 Å². The van der Waals surface area contributed by atoms with E-state index in [-0.39, 0.29) is 24.2 Å². The van der Waals surface area contributed by atoms with E-state index in [0.29, 0.717) is 26.2 Å². The molecule has 0 aromatic carbocycles. The lowest BCUT2D eigenvalue weighted by Crippen LogP contribution is -2.55. The summed E-state index contributed by atoms with van der Waals surface area (Å²) in [6.07, 6.45) is 22.5. The fourth-order valence-electron chi connectivity index (χ4n) is 4.64. The molecule has 198 valence electrons. The molecular formula is C27H56NO5+. The van der Waals surface area contributed by atoms with E-state index in [0.717, 1.165) is 19.4 Å². The number of nitrogens with zero attached hydrogens (tertiary/aromatic N) is 1. The fraction of sp³-hybridized carbons (Fsp3) is 0.963. The third kappa shape index (κ3) is 21.6. The van der Waals surface area contributed by atoms with E-state index in [1.54, 1.807) is 0 Å². The second-order valence-electron chi connectivity index (χ2n) is 9.78. The second kappa shape index (κ2) is 24.4. The molecule has 0 atom stereocenters. The molecule has 0 aromatic heterocycles. The molecular weight excluding hydrogens is 418 g/mol. The Balaban J connectivity index is 3.46. The van der Waals surface area contributed by atoms with E-state index in [1.807, 2.05) is 0 Å². The van der Waals surface area contributed by atoms with Gasteiger partial charge in [0.15, 0.2) is 6.54 Å². The first kappa shape index (κ1) is 32.3. The van der Waals surface area contributed by atoms with Crippen molar-refractivity contribution in [1.29, 1.82) is 0 Å². The van der Waals surface area contributed by atoms with Gasteiger partial charge in [-0.3, -0.25) is 0 Å². The van der Waals surface area contributed by atoms with Crippen LogP contribution in [0.25, 0.3) is 0 Å². The number of aliphatic hydroxyl groups excluding tert-OH is 2. The number of aliphatic hydroxyl groups is 2. The molecule has 0 saturated heterocycles. The third-order valence-corrected chi connectivity index (χ3v) is 6.68. The highest BCUT2D eigenvalue weighted by Gasteiger charge is 2.29. The number of carboxylic acid groups (broad SMARTS) is 1. The Labute approximate surface area is 204 Å². The Kier molecular flexibility index (Phi) is 23.9. The SMILES string of the molecule is CCCCCCCCCCCCCCCCCCOCCC[N+](CCO)(CCO)CC(=O)O. The second-order valence-corrected chi connectivity index (χ2v) is 9.78. The van der Waals surface area contributed by atoms with E-state index < -0.39 is 5.97 Å². The Morgan fingerprint density at radius 2 is 1.00 bits per heavy atom. The van der Waals surface area contributed by atoms with Crippen LogP contribution in [0.3, 0.4) is 0 Å². The highest BCUT2D eigenvalue weighted by molar-refractivity contribution is 5.67. The zero-order chi connectivity index (χ0) is 24.5. The van der Waals surface area contributed by atoms with Gasteiger partial charge in [0.2, 0.25) is 0 Å². The van der Waals surface area contributed by atoms with Gasteiger partial charge in [0, 0.05) is 13.0 Å². The summed E-state index contributed by atoms with van der Waals surface area (Å²) in [6, 6.07) is 0. The summed E-state index contributed by atoms with van der Waals surface area (Å²) in [7, 11) is 0. The van der Waals surface area contributed by atoms with Crippen LogP contribution in [-0.4, -0.2) is 78.4 Å². The predicted molar refractivity (Wildman–Crippen MR) is 137 cm³/mol. The standard InChI is InChI=1S/C27H55NO5/c1-2-3-4-5-6-7-8-9-10-11-12-13-14-15-16-17-24-33-25-18-19-28(20-22-29,21-23-30)26-27(31)32/h29-30H,2-26H2,1H3/p+1. The fourth-order valence-corrected chi connectivity index (χ4v) is 4.64. The van der Waals surface area contributed by atoms with Gasteiger partial charge in [0.25, 0.3) is 0 Å². The molecule has 0 fully saturated rings. The molecule has 0 aliphatic rings. The van der Waals surface area contributed by atoms with E-state index in [9.17, 15) is 15.0 Å². The molecule has 33 heavy (non-hydrogen) atoms. The zero-order valence-electron chi connectivity index (χ0n) is 21.8. The summed E-state index contributed by atoms with van der Waals surface area (Å²) in [5.41, 5.74) is 0. The molecule has 0 aliphatic carbocycles. The van der Waals surface area contributed by atoms with Crippen molar-refractivity contribution in [3.63, 3.8) is 0 Å². The van der Waals surface area contributed by atoms with Crippen LogP contribution in [0.5, 0.6) is 0 Å². The summed E-state index contributed by atoms with van der Waals surface area (Å²) < 4.78 is 5.94. The molecule has 6 heteroatoms. The Hall–Kier alpha value is -0.690. The van der Waals surface area contributed by atoms with Crippen molar-refractivity contribution < 1.29 is 29.3 Å². The van der Waals surface area contributed by atoms with Crippen LogP contribution in [0.2, 0.25) is 0 Å². The van der Waals surface area contributed by atoms with Crippen molar-refractivity contribution >= 4 is 5.97 Å². The molecule has 0 bridgehead atoms. The summed E-state index contributed by atoms with van der Waals surface area (Å²) in [5, 5.41) is 27.7. The summed E-state index contributed by atoms with van der Waals surface area (Å²) >= 11 is 0. The number of hydrogen-bond donors (Lipinski definition) is 3. The number of quaternary nitrogens is 1. The number of carboxylic acids is 1. The maximum Gasteiger partial charge on any atom is 0.359 e. The maximum absolute atomic E-state index is 11.2. The summed E-state index contributed by atoms with van der Waals surface area (Å²) in [6.45, 7) is 4.73. The van der Waals surface area contributed by atoms with Crippen molar-refractivity contribution in [3.8, 4) is 0 Å². The van der Waals surface area contributed by atoms with Gasteiger partial charge >= 0.3 is 5.97 Å². The molecule has 3 N–H and O–H groups in total. The molecule has 0 radical (unpaired) electrons. The monoisotopic (exact) mass is 474 g/mol. The highest BCUT2D eigenvalue weighted by Crippen LogP contribution is 2.14. The smallest absolute Gasteiger partial charge is 0.359 e. The topological polar surface area (TPSA) is 87.0 Å². The van der Waals surface area contributed by atoms with Crippen molar-refractivity contribution in [1.82, 2.24) is 0 Å². The third-order valence-electron chi connectivity index (χ3n) is 6.68. The van der Waals surface area contributed by atoms with Crippen LogP contribution in [0.1, 0.15) is 116 Å². The van der Waals surface area contributed by atoms with E-state index in [2.05, 4.69) is 6.92 Å². The van der Waals surface area contributed by atoms with Gasteiger partial charge < -0.3 is 24.5 Å². The number of unbranched alkanes of at least 4 members (excludes halogenated alkanes) is 15. The Morgan fingerprint density at radius 3 is 1.39 bits per heavy atom. The molecule has 0 heterocycles. The molecule has 0 saturated carbocycles. The van der Waals surface area contributed by atoms with E-state index >= 15 is 0 Å². The molecule has 0 aliphatic heterocycles. The predicted octanol–water partition coefficient (Wildman–Crippen LogP) is 5.54.